The molecule has 5 nitrogen and oxygen atoms in total. The van der Waals surface area contributed by atoms with E-state index in [4.69, 9.17) is 23.2 Å². The minimum Gasteiger partial charge on any atom is -0.363 e. The smallest absolute Gasteiger partial charge is 0.234 e. The number of nitrogens with zero attached hydrogens (tertiary/aromatic N) is 2. The molecular weight excluding hydrogens is 339 g/mol. The van der Waals surface area contributed by atoms with Crippen molar-refractivity contribution in [2.24, 2.45) is 0 Å². The number of amides is 1. The molecule has 0 bridgehead atoms. The first kappa shape index (κ1) is 15.4. The van der Waals surface area contributed by atoms with Crippen molar-refractivity contribution in [1.82, 2.24) is 10.2 Å². The zero-order valence-electron chi connectivity index (χ0n) is 10.3. The molecule has 0 saturated carbocycles. The van der Waals surface area contributed by atoms with Crippen LogP contribution >= 0.6 is 46.3 Å². The Kier molecular flexibility index (Phi) is 5.47. The first-order valence-electron chi connectivity index (χ1n) is 5.48. The van der Waals surface area contributed by atoms with Crippen molar-refractivity contribution in [2.45, 2.75) is 4.34 Å². The molecule has 0 fully saturated rings. The number of halogens is 2. The van der Waals surface area contributed by atoms with Gasteiger partial charge < -0.3 is 10.6 Å². The Labute approximate surface area is 134 Å². The van der Waals surface area contributed by atoms with Crippen LogP contribution in [0.15, 0.2) is 22.5 Å². The van der Waals surface area contributed by atoms with E-state index in [1.54, 1.807) is 25.2 Å². The molecule has 9 heteroatoms. The normalized spacial score (nSPS) is 10.3. The molecule has 1 aromatic heterocycles. The van der Waals surface area contributed by atoms with Crippen LogP contribution in [0.1, 0.15) is 0 Å². The lowest BCUT2D eigenvalue weighted by atomic mass is 10.3. The summed E-state index contributed by atoms with van der Waals surface area (Å²) in [6, 6.07) is 5.08. The fourth-order valence-electron chi connectivity index (χ4n) is 1.28. The summed E-state index contributed by atoms with van der Waals surface area (Å²) in [6.45, 7) is 0. The number of rotatable bonds is 5. The van der Waals surface area contributed by atoms with Gasteiger partial charge in [-0.3, -0.25) is 4.79 Å². The topological polar surface area (TPSA) is 66.9 Å². The number of hydrogen-bond acceptors (Lipinski definition) is 6. The SMILES string of the molecule is CNc1nnc(SCC(=O)Nc2cccc(Cl)c2Cl)s1. The number of carbonyl (C=O) groups excluding carboxylic acids is 1. The molecule has 106 valence electrons. The number of hydrogen-bond donors (Lipinski definition) is 2. The summed E-state index contributed by atoms with van der Waals surface area (Å²) in [5, 5.41) is 14.9. The van der Waals surface area contributed by atoms with E-state index in [9.17, 15) is 4.79 Å². The number of carbonyl (C=O) groups is 1. The maximum Gasteiger partial charge on any atom is 0.234 e. The number of aromatic nitrogens is 2. The molecule has 0 atom stereocenters. The van der Waals surface area contributed by atoms with E-state index in [2.05, 4.69) is 20.8 Å². The van der Waals surface area contributed by atoms with E-state index in [-0.39, 0.29) is 11.7 Å². The predicted octanol–water partition coefficient (Wildman–Crippen LogP) is 3.62. The summed E-state index contributed by atoms with van der Waals surface area (Å²) >= 11 is 14.6. The third-order valence-electron chi connectivity index (χ3n) is 2.17. The first-order chi connectivity index (χ1) is 9.60. The summed E-state index contributed by atoms with van der Waals surface area (Å²) in [6.07, 6.45) is 0. The van der Waals surface area contributed by atoms with Gasteiger partial charge in [0.15, 0.2) is 4.34 Å². The largest absolute Gasteiger partial charge is 0.363 e. The van der Waals surface area contributed by atoms with Crippen molar-refractivity contribution in [1.29, 1.82) is 0 Å². The molecule has 20 heavy (non-hydrogen) atoms. The summed E-state index contributed by atoms with van der Waals surface area (Å²) in [4.78, 5) is 11.8. The van der Waals surface area contributed by atoms with Crippen LogP contribution in [0, 0.1) is 0 Å². The Morgan fingerprint density at radius 1 is 1.40 bits per heavy atom. The van der Waals surface area contributed by atoms with Gasteiger partial charge in [0.2, 0.25) is 11.0 Å². The minimum absolute atomic E-state index is 0.180. The van der Waals surface area contributed by atoms with E-state index < -0.39 is 0 Å². The Bertz CT molecular complexity index is 620. The van der Waals surface area contributed by atoms with Crippen molar-refractivity contribution >= 4 is 63.0 Å². The van der Waals surface area contributed by atoms with Gasteiger partial charge in [0, 0.05) is 7.05 Å². The Hall–Kier alpha value is -1.02. The number of benzene rings is 1. The summed E-state index contributed by atoms with van der Waals surface area (Å²) in [5.41, 5.74) is 0.498. The lowest BCUT2D eigenvalue weighted by Crippen LogP contribution is -2.14. The fourth-order valence-corrected chi connectivity index (χ4v) is 3.14. The van der Waals surface area contributed by atoms with Crippen LogP contribution in [0.3, 0.4) is 0 Å². The van der Waals surface area contributed by atoms with Gasteiger partial charge in [-0.15, -0.1) is 10.2 Å². The van der Waals surface area contributed by atoms with Gasteiger partial charge in [0.25, 0.3) is 0 Å². The molecule has 2 aromatic rings. The van der Waals surface area contributed by atoms with Crippen LogP contribution in [0.2, 0.25) is 10.0 Å². The van der Waals surface area contributed by atoms with Crippen molar-refractivity contribution < 1.29 is 4.79 Å². The van der Waals surface area contributed by atoms with Crippen molar-refractivity contribution in [2.75, 3.05) is 23.4 Å². The van der Waals surface area contributed by atoms with Crippen molar-refractivity contribution in [3.05, 3.63) is 28.2 Å². The summed E-state index contributed by atoms with van der Waals surface area (Å²) in [5.74, 6) is 0.0432. The first-order valence-corrected chi connectivity index (χ1v) is 8.04. The molecule has 0 unspecified atom stereocenters. The third kappa shape index (κ3) is 3.99. The van der Waals surface area contributed by atoms with Crippen molar-refractivity contribution in [3.8, 4) is 0 Å². The second-order valence-corrected chi connectivity index (χ2v) is 6.55. The van der Waals surface area contributed by atoms with Crippen LogP contribution in [0.5, 0.6) is 0 Å². The van der Waals surface area contributed by atoms with Gasteiger partial charge in [-0.25, -0.2) is 0 Å². The molecule has 0 aliphatic carbocycles. The van der Waals surface area contributed by atoms with E-state index in [0.29, 0.717) is 20.9 Å². The highest BCUT2D eigenvalue weighted by Crippen LogP contribution is 2.30. The zero-order valence-corrected chi connectivity index (χ0v) is 13.5. The molecule has 1 aromatic carbocycles. The Balaban J connectivity index is 1.91. The quantitative estimate of drug-likeness (QED) is 0.807. The molecule has 0 aliphatic heterocycles. The Morgan fingerprint density at radius 2 is 2.20 bits per heavy atom. The minimum atomic E-state index is -0.180. The zero-order chi connectivity index (χ0) is 14.5. The highest BCUT2D eigenvalue weighted by atomic mass is 35.5. The molecule has 2 rings (SSSR count). The molecular formula is C11H10Cl2N4OS2. The molecule has 0 spiro atoms. The van der Waals surface area contributed by atoms with Gasteiger partial charge >= 0.3 is 0 Å². The van der Waals surface area contributed by atoms with Gasteiger partial charge in [0.05, 0.1) is 21.5 Å². The fraction of sp³-hybridized carbons (Fsp3) is 0.182. The van der Waals surface area contributed by atoms with Crippen LogP contribution < -0.4 is 10.6 Å². The highest BCUT2D eigenvalue weighted by molar-refractivity contribution is 8.01. The number of anilines is 2. The summed E-state index contributed by atoms with van der Waals surface area (Å²) < 4.78 is 0.724. The number of thioether (sulfide) groups is 1. The second kappa shape index (κ2) is 7.12. The third-order valence-corrected chi connectivity index (χ3v) is 5.07. The van der Waals surface area contributed by atoms with Gasteiger partial charge in [0.1, 0.15) is 0 Å². The second-order valence-electron chi connectivity index (χ2n) is 3.56. The number of nitrogens with one attached hydrogen (secondary N) is 2. The molecule has 1 heterocycles. The Morgan fingerprint density at radius 3 is 2.90 bits per heavy atom. The van der Waals surface area contributed by atoms with Crippen LogP contribution in [0.4, 0.5) is 10.8 Å². The van der Waals surface area contributed by atoms with E-state index in [0.717, 1.165) is 4.34 Å². The lowest BCUT2D eigenvalue weighted by Gasteiger charge is -2.07. The van der Waals surface area contributed by atoms with Crippen LogP contribution in [0.25, 0.3) is 0 Å². The maximum absolute atomic E-state index is 11.8. The monoisotopic (exact) mass is 348 g/mol. The van der Waals surface area contributed by atoms with E-state index in [1.807, 2.05) is 0 Å². The molecule has 1 amide bonds. The lowest BCUT2D eigenvalue weighted by molar-refractivity contribution is -0.113. The highest BCUT2D eigenvalue weighted by Gasteiger charge is 2.10. The van der Waals surface area contributed by atoms with Gasteiger partial charge in [-0.05, 0) is 12.1 Å². The maximum atomic E-state index is 11.8. The summed E-state index contributed by atoms with van der Waals surface area (Å²) in [7, 11) is 1.77. The van der Waals surface area contributed by atoms with E-state index >= 15 is 0 Å². The standard InChI is InChI=1S/C11H10Cl2N4OS2/c1-14-10-16-17-11(20-10)19-5-8(18)15-7-4-2-3-6(12)9(7)13/h2-4H,5H2,1H3,(H,14,16)(H,15,18). The van der Waals surface area contributed by atoms with Crippen molar-refractivity contribution in [3.63, 3.8) is 0 Å². The average molecular weight is 349 g/mol. The average Bonchev–Trinajstić information content (AvgIpc) is 2.90. The van der Waals surface area contributed by atoms with E-state index in [1.165, 1.54) is 23.1 Å². The van der Waals surface area contributed by atoms with Gasteiger partial charge in [-0.2, -0.15) is 0 Å². The van der Waals surface area contributed by atoms with Crippen LogP contribution in [-0.4, -0.2) is 28.9 Å². The molecule has 0 radical (unpaired) electrons. The molecule has 2 N–H and O–H groups in total. The predicted molar refractivity (Wildman–Crippen MR) is 85.3 cm³/mol. The molecule has 0 saturated heterocycles. The molecule has 0 aliphatic rings. The van der Waals surface area contributed by atoms with Gasteiger partial charge in [-0.1, -0.05) is 52.4 Å². The van der Waals surface area contributed by atoms with Crippen LogP contribution in [-0.2, 0) is 4.79 Å².